The van der Waals surface area contributed by atoms with Crippen molar-refractivity contribution >= 4 is 0 Å². The van der Waals surface area contributed by atoms with Gasteiger partial charge in [0.1, 0.15) is 0 Å². The Hall–Kier alpha value is -0.830. The fraction of sp³-hybridized carbons (Fsp3) is 0.786. The molecule has 96 valence electrons. The summed E-state index contributed by atoms with van der Waals surface area (Å²) in [4.78, 5) is 0. The van der Waals surface area contributed by atoms with Gasteiger partial charge in [-0.1, -0.05) is 13.3 Å². The monoisotopic (exact) mass is 235 g/mol. The highest BCUT2D eigenvalue weighted by Crippen LogP contribution is 2.28. The number of aryl methyl sites for hydroxylation is 1. The van der Waals surface area contributed by atoms with E-state index in [1.165, 1.54) is 36.2 Å². The van der Waals surface area contributed by atoms with E-state index in [0.29, 0.717) is 0 Å². The zero-order chi connectivity index (χ0) is 12.4. The van der Waals surface area contributed by atoms with Crippen molar-refractivity contribution in [3.63, 3.8) is 0 Å². The van der Waals surface area contributed by atoms with Crippen molar-refractivity contribution in [2.24, 2.45) is 11.7 Å². The van der Waals surface area contributed by atoms with Crippen LogP contribution >= 0.6 is 0 Å². The van der Waals surface area contributed by atoms with E-state index in [9.17, 15) is 0 Å². The highest BCUT2D eigenvalue weighted by atomic mass is 15.3. The molecule has 0 bridgehead atoms. The average molecular weight is 235 g/mol. The van der Waals surface area contributed by atoms with E-state index < -0.39 is 0 Å². The van der Waals surface area contributed by atoms with Gasteiger partial charge in [-0.15, -0.1) is 0 Å². The molecule has 0 aliphatic heterocycles. The van der Waals surface area contributed by atoms with Crippen LogP contribution < -0.4 is 5.73 Å². The van der Waals surface area contributed by atoms with Crippen molar-refractivity contribution in [1.29, 1.82) is 0 Å². The quantitative estimate of drug-likeness (QED) is 0.852. The number of aromatic nitrogens is 2. The molecule has 2 N–H and O–H groups in total. The molecule has 3 nitrogen and oxygen atoms in total. The largest absolute Gasteiger partial charge is 0.327 e. The van der Waals surface area contributed by atoms with Gasteiger partial charge in [-0.3, -0.25) is 4.68 Å². The van der Waals surface area contributed by atoms with Crippen LogP contribution in [0.1, 0.15) is 49.6 Å². The fourth-order valence-electron chi connectivity index (χ4n) is 2.53. The Morgan fingerprint density at radius 3 is 2.65 bits per heavy atom. The van der Waals surface area contributed by atoms with Gasteiger partial charge in [0.15, 0.2) is 0 Å². The highest BCUT2D eigenvalue weighted by molar-refractivity contribution is 5.25. The van der Waals surface area contributed by atoms with Gasteiger partial charge >= 0.3 is 0 Å². The first kappa shape index (κ1) is 12.6. The number of hydrogen-bond donors (Lipinski definition) is 1. The second-order valence-electron chi connectivity index (χ2n) is 5.50. The molecule has 1 aliphatic rings. The molecule has 0 saturated heterocycles. The topological polar surface area (TPSA) is 43.8 Å². The lowest BCUT2D eigenvalue weighted by molar-refractivity contribution is 0.264. The molecule has 0 aromatic carbocycles. The summed E-state index contributed by atoms with van der Waals surface area (Å²) < 4.78 is 2.21. The van der Waals surface area contributed by atoms with Crippen LogP contribution in [-0.2, 0) is 13.0 Å². The molecule has 0 spiro atoms. The molecule has 1 unspecified atom stereocenters. The summed E-state index contributed by atoms with van der Waals surface area (Å²) in [6.07, 6.45) is 6.16. The average Bonchev–Trinajstić information content (AvgIpc) is 2.51. The van der Waals surface area contributed by atoms with E-state index in [4.69, 9.17) is 5.73 Å². The molecular formula is C14H25N3. The lowest BCUT2D eigenvalue weighted by Gasteiger charge is -2.25. The summed E-state index contributed by atoms with van der Waals surface area (Å²) in [6, 6.07) is 0.272. The summed E-state index contributed by atoms with van der Waals surface area (Å²) in [5, 5.41) is 4.68. The number of nitrogens with zero attached hydrogens (tertiary/aromatic N) is 2. The van der Waals surface area contributed by atoms with Gasteiger partial charge in [0, 0.05) is 18.3 Å². The molecule has 1 saturated carbocycles. The van der Waals surface area contributed by atoms with Crippen molar-refractivity contribution < 1.29 is 0 Å². The third-order valence-corrected chi connectivity index (χ3v) is 4.18. The lowest BCUT2D eigenvalue weighted by atomic mass is 9.85. The zero-order valence-electron chi connectivity index (χ0n) is 11.4. The zero-order valence-corrected chi connectivity index (χ0v) is 11.4. The number of nitrogens with two attached hydrogens (primary N) is 1. The fourth-order valence-corrected chi connectivity index (χ4v) is 2.53. The third-order valence-electron chi connectivity index (χ3n) is 4.18. The van der Waals surface area contributed by atoms with E-state index in [0.717, 1.165) is 25.3 Å². The Labute approximate surface area is 104 Å². The van der Waals surface area contributed by atoms with Crippen molar-refractivity contribution in [2.45, 2.75) is 65.5 Å². The van der Waals surface area contributed by atoms with Crippen LogP contribution in [0.5, 0.6) is 0 Å². The molecule has 2 rings (SSSR count). The highest BCUT2D eigenvalue weighted by Gasteiger charge is 2.21. The molecule has 1 fully saturated rings. The molecule has 1 heterocycles. The Morgan fingerprint density at radius 2 is 2.12 bits per heavy atom. The van der Waals surface area contributed by atoms with Crippen LogP contribution in [-0.4, -0.2) is 15.8 Å². The van der Waals surface area contributed by atoms with Crippen molar-refractivity contribution in [1.82, 2.24) is 9.78 Å². The summed E-state index contributed by atoms with van der Waals surface area (Å²) in [5.41, 5.74) is 9.93. The minimum absolute atomic E-state index is 0.272. The standard InChI is InChI=1S/C14H25N3/c1-4-13(15)8-14-10(2)16-17(11(14)3)9-12-6-5-7-12/h12-13H,4-9,15H2,1-3H3. The summed E-state index contributed by atoms with van der Waals surface area (Å²) in [5.74, 6) is 0.862. The van der Waals surface area contributed by atoms with Gasteiger partial charge in [-0.05, 0) is 51.0 Å². The number of hydrogen-bond acceptors (Lipinski definition) is 2. The second-order valence-corrected chi connectivity index (χ2v) is 5.50. The normalized spacial score (nSPS) is 18.1. The van der Waals surface area contributed by atoms with Crippen LogP contribution in [0.25, 0.3) is 0 Å². The van der Waals surface area contributed by atoms with Gasteiger partial charge in [0.25, 0.3) is 0 Å². The van der Waals surface area contributed by atoms with Crippen LogP contribution in [0.3, 0.4) is 0 Å². The van der Waals surface area contributed by atoms with Crippen LogP contribution in [0.4, 0.5) is 0 Å². The molecule has 1 aromatic heterocycles. The van der Waals surface area contributed by atoms with Gasteiger partial charge < -0.3 is 5.73 Å². The van der Waals surface area contributed by atoms with Crippen molar-refractivity contribution in [3.05, 3.63) is 17.0 Å². The van der Waals surface area contributed by atoms with E-state index in [1.807, 2.05) is 0 Å². The smallest absolute Gasteiger partial charge is 0.0629 e. The Kier molecular flexibility index (Phi) is 3.87. The molecule has 1 aliphatic carbocycles. The second kappa shape index (κ2) is 5.21. The van der Waals surface area contributed by atoms with Gasteiger partial charge in [-0.2, -0.15) is 5.10 Å². The van der Waals surface area contributed by atoms with Crippen LogP contribution in [0.2, 0.25) is 0 Å². The SMILES string of the molecule is CCC(N)Cc1c(C)nn(CC2CCC2)c1C. The van der Waals surface area contributed by atoms with E-state index in [2.05, 4.69) is 30.6 Å². The van der Waals surface area contributed by atoms with Crippen molar-refractivity contribution in [2.75, 3.05) is 0 Å². The predicted octanol–water partition coefficient (Wildman–Crippen LogP) is 2.58. The molecule has 1 aromatic rings. The molecule has 0 amide bonds. The molecule has 17 heavy (non-hydrogen) atoms. The lowest BCUT2D eigenvalue weighted by Crippen LogP contribution is -2.22. The van der Waals surface area contributed by atoms with E-state index >= 15 is 0 Å². The Bertz CT molecular complexity index is 377. The van der Waals surface area contributed by atoms with Gasteiger partial charge in [0.05, 0.1) is 5.69 Å². The van der Waals surface area contributed by atoms with Gasteiger partial charge in [0.2, 0.25) is 0 Å². The van der Waals surface area contributed by atoms with Gasteiger partial charge in [-0.25, -0.2) is 0 Å². The van der Waals surface area contributed by atoms with E-state index in [-0.39, 0.29) is 6.04 Å². The molecule has 1 atom stereocenters. The van der Waals surface area contributed by atoms with Crippen LogP contribution in [0.15, 0.2) is 0 Å². The summed E-state index contributed by atoms with van der Waals surface area (Å²) >= 11 is 0. The molecule has 3 heteroatoms. The first-order valence-corrected chi connectivity index (χ1v) is 6.90. The first-order chi connectivity index (χ1) is 8.11. The molecule has 0 radical (unpaired) electrons. The Balaban J connectivity index is 2.10. The third kappa shape index (κ3) is 2.71. The van der Waals surface area contributed by atoms with E-state index in [1.54, 1.807) is 0 Å². The van der Waals surface area contributed by atoms with Crippen LogP contribution in [0, 0.1) is 19.8 Å². The Morgan fingerprint density at radius 1 is 1.41 bits per heavy atom. The summed E-state index contributed by atoms with van der Waals surface area (Å²) in [7, 11) is 0. The number of rotatable bonds is 5. The predicted molar refractivity (Wildman–Crippen MR) is 71.0 cm³/mol. The maximum absolute atomic E-state index is 6.05. The minimum atomic E-state index is 0.272. The maximum Gasteiger partial charge on any atom is 0.0629 e. The first-order valence-electron chi connectivity index (χ1n) is 6.90. The van der Waals surface area contributed by atoms with Crippen molar-refractivity contribution in [3.8, 4) is 0 Å². The maximum atomic E-state index is 6.05. The molecular weight excluding hydrogens is 210 g/mol. The minimum Gasteiger partial charge on any atom is -0.327 e. The summed E-state index contributed by atoms with van der Waals surface area (Å²) in [6.45, 7) is 7.56.